The molecule has 0 saturated carbocycles. The number of alkyl halides is 2. The summed E-state index contributed by atoms with van der Waals surface area (Å²) in [4.78, 5) is 32.9. The average molecular weight is 478 g/mol. The molecule has 12 heteroatoms. The van der Waals surface area contributed by atoms with Gasteiger partial charge in [-0.15, -0.1) is 0 Å². The Bertz CT molecular complexity index is 1140. The fourth-order valence-corrected chi connectivity index (χ4v) is 5.37. The highest BCUT2D eigenvalue weighted by atomic mass is 32.1. The lowest BCUT2D eigenvalue weighted by Gasteiger charge is -2.38. The molecule has 9 nitrogen and oxygen atoms in total. The molecule has 176 valence electrons. The van der Waals surface area contributed by atoms with Crippen LogP contribution in [0.15, 0.2) is 22.8 Å². The number of hydrogen-bond acceptors (Lipinski definition) is 9. The Morgan fingerprint density at radius 3 is 2.73 bits per heavy atom. The van der Waals surface area contributed by atoms with Crippen molar-refractivity contribution in [1.82, 2.24) is 24.8 Å². The molecule has 2 aliphatic rings. The number of piperazine rings is 1. The normalized spacial score (nSPS) is 20.2. The van der Waals surface area contributed by atoms with E-state index in [1.807, 2.05) is 11.0 Å². The molecule has 0 unspecified atom stereocenters. The second-order valence-electron chi connectivity index (χ2n) is 8.58. The van der Waals surface area contributed by atoms with Gasteiger partial charge in [-0.05, 0) is 25.0 Å². The second-order valence-corrected chi connectivity index (χ2v) is 9.56. The Morgan fingerprint density at radius 1 is 1.24 bits per heavy atom. The van der Waals surface area contributed by atoms with Crippen LogP contribution in [-0.4, -0.2) is 81.9 Å². The van der Waals surface area contributed by atoms with Crippen LogP contribution in [-0.2, 0) is 4.79 Å². The third-order valence-electron chi connectivity index (χ3n) is 5.99. The highest BCUT2D eigenvalue weighted by molar-refractivity contribution is 7.21. The third-order valence-corrected chi connectivity index (χ3v) is 6.95. The van der Waals surface area contributed by atoms with Crippen LogP contribution in [0.3, 0.4) is 0 Å². The number of carbonyl (C=O) groups excluding carboxylic acids is 1. The smallest absolute Gasteiger partial charge is 0.257 e. The van der Waals surface area contributed by atoms with Gasteiger partial charge in [0.2, 0.25) is 11.9 Å². The van der Waals surface area contributed by atoms with E-state index >= 15 is 0 Å². The summed E-state index contributed by atoms with van der Waals surface area (Å²) in [5.41, 5.74) is 6.71. The lowest BCUT2D eigenvalue weighted by Crippen LogP contribution is -2.55. The molecule has 3 aromatic heterocycles. The van der Waals surface area contributed by atoms with Crippen LogP contribution >= 0.6 is 11.3 Å². The summed E-state index contributed by atoms with van der Waals surface area (Å²) in [7, 11) is 0. The standard InChI is InChI=1S/C21H25F2N7O2S/c1-21(22,23)12-28-7-9-29(10-8-28)19(31)13-4-2-6-30(13)20-26-16(24)15-18(27-20)33-17(25-15)14-5-3-11-32-14/h3,5,11,13H,2,4,6-10,12H2,1H3,(H2,24,26,27)/t13-/m0/s1. The molecule has 2 fully saturated rings. The molecule has 1 atom stereocenters. The molecule has 0 aromatic carbocycles. The van der Waals surface area contributed by atoms with Crippen molar-refractivity contribution in [3.63, 3.8) is 0 Å². The highest BCUT2D eigenvalue weighted by Gasteiger charge is 2.37. The van der Waals surface area contributed by atoms with Gasteiger partial charge in [0, 0.05) is 39.6 Å². The van der Waals surface area contributed by atoms with Gasteiger partial charge >= 0.3 is 0 Å². The number of nitrogens with zero attached hydrogens (tertiary/aromatic N) is 6. The van der Waals surface area contributed by atoms with E-state index in [2.05, 4.69) is 15.0 Å². The molecular weight excluding hydrogens is 452 g/mol. The second kappa shape index (κ2) is 8.49. The lowest BCUT2D eigenvalue weighted by molar-refractivity contribution is -0.134. The van der Waals surface area contributed by atoms with Crippen molar-refractivity contribution in [3.8, 4) is 10.8 Å². The van der Waals surface area contributed by atoms with Crippen molar-refractivity contribution in [2.45, 2.75) is 31.7 Å². The maximum absolute atomic E-state index is 13.3. The number of carbonyl (C=O) groups is 1. The number of nitrogens with two attached hydrogens (primary N) is 1. The monoisotopic (exact) mass is 477 g/mol. The first-order valence-electron chi connectivity index (χ1n) is 10.9. The van der Waals surface area contributed by atoms with Gasteiger partial charge in [-0.25, -0.2) is 13.8 Å². The first-order chi connectivity index (χ1) is 15.8. The zero-order valence-corrected chi connectivity index (χ0v) is 19.0. The average Bonchev–Trinajstić information content (AvgIpc) is 3.52. The van der Waals surface area contributed by atoms with Gasteiger partial charge in [0.25, 0.3) is 5.92 Å². The molecule has 0 radical (unpaired) electrons. The summed E-state index contributed by atoms with van der Waals surface area (Å²) in [5, 5.41) is 0.665. The molecule has 5 rings (SSSR count). The Labute approximate surface area is 193 Å². The van der Waals surface area contributed by atoms with Crippen molar-refractivity contribution in [2.24, 2.45) is 0 Å². The van der Waals surface area contributed by atoms with Gasteiger partial charge in [0.15, 0.2) is 21.4 Å². The number of fused-ring (bicyclic) bond motifs is 1. The number of aromatic nitrogens is 3. The molecule has 0 aliphatic carbocycles. The zero-order valence-electron chi connectivity index (χ0n) is 18.2. The minimum absolute atomic E-state index is 0.0155. The Balaban J connectivity index is 1.33. The minimum Gasteiger partial charge on any atom is -0.462 e. The number of thiazole rings is 1. The van der Waals surface area contributed by atoms with Crippen molar-refractivity contribution >= 4 is 39.4 Å². The van der Waals surface area contributed by atoms with E-state index in [-0.39, 0.29) is 18.3 Å². The van der Waals surface area contributed by atoms with Crippen LogP contribution in [0.4, 0.5) is 20.5 Å². The molecule has 2 aliphatic heterocycles. The molecule has 0 spiro atoms. The van der Waals surface area contributed by atoms with E-state index in [1.54, 1.807) is 22.1 Å². The van der Waals surface area contributed by atoms with Gasteiger partial charge in [-0.1, -0.05) is 11.3 Å². The fraction of sp³-hybridized carbons (Fsp3) is 0.524. The van der Waals surface area contributed by atoms with Crippen LogP contribution in [0.5, 0.6) is 0 Å². The van der Waals surface area contributed by atoms with Gasteiger partial charge in [0.1, 0.15) is 11.6 Å². The predicted octanol–water partition coefficient (Wildman–Crippen LogP) is 2.70. The Morgan fingerprint density at radius 2 is 2.03 bits per heavy atom. The van der Waals surface area contributed by atoms with Gasteiger partial charge in [-0.3, -0.25) is 9.69 Å². The SMILES string of the molecule is CC(F)(F)CN1CCN(C(=O)[C@@H]2CCCN2c2nc(N)c3nc(-c4ccco4)sc3n2)CC1. The summed E-state index contributed by atoms with van der Waals surface area (Å²) in [6.45, 7) is 3.02. The molecule has 0 bridgehead atoms. The molecule has 5 heterocycles. The Hall–Kier alpha value is -2.86. The predicted molar refractivity (Wildman–Crippen MR) is 121 cm³/mol. The van der Waals surface area contributed by atoms with Crippen LogP contribution in [0.25, 0.3) is 21.1 Å². The number of rotatable bonds is 5. The van der Waals surface area contributed by atoms with Gasteiger partial charge in [0.05, 0.1) is 12.8 Å². The molecule has 3 aromatic rings. The van der Waals surface area contributed by atoms with Crippen molar-refractivity contribution < 1.29 is 18.0 Å². The van der Waals surface area contributed by atoms with E-state index in [0.29, 0.717) is 66.2 Å². The van der Waals surface area contributed by atoms with Gasteiger partial charge in [-0.2, -0.15) is 9.97 Å². The van der Waals surface area contributed by atoms with E-state index < -0.39 is 12.0 Å². The topological polar surface area (TPSA) is 105 Å². The third kappa shape index (κ3) is 4.49. The van der Waals surface area contributed by atoms with Crippen molar-refractivity contribution in [1.29, 1.82) is 0 Å². The molecule has 2 N–H and O–H groups in total. The van der Waals surface area contributed by atoms with E-state index in [1.165, 1.54) is 11.3 Å². The van der Waals surface area contributed by atoms with Crippen LogP contribution in [0.1, 0.15) is 19.8 Å². The summed E-state index contributed by atoms with van der Waals surface area (Å²) >= 11 is 1.36. The zero-order chi connectivity index (χ0) is 23.2. The largest absolute Gasteiger partial charge is 0.462 e. The van der Waals surface area contributed by atoms with Crippen LogP contribution in [0, 0.1) is 0 Å². The van der Waals surface area contributed by atoms with E-state index in [0.717, 1.165) is 13.3 Å². The quantitative estimate of drug-likeness (QED) is 0.598. The number of furan rings is 1. The lowest BCUT2D eigenvalue weighted by atomic mass is 10.1. The first-order valence-corrected chi connectivity index (χ1v) is 11.7. The molecule has 2 saturated heterocycles. The van der Waals surface area contributed by atoms with Crippen molar-refractivity contribution in [3.05, 3.63) is 18.4 Å². The molecule has 1 amide bonds. The first kappa shape index (κ1) is 22.0. The number of amides is 1. The number of nitrogen functional groups attached to an aromatic ring is 1. The van der Waals surface area contributed by atoms with Crippen LogP contribution in [0.2, 0.25) is 0 Å². The number of anilines is 2. The highest BCUT2D eigenvalue weighted by Crippen LogP contribution is 2.34. The molecule has 33 heavy (non-hydrogen) atoms. The summed E-state index contributed by atoms with van der Waals surface area (Å²) < 4.78 is 32.0. The number of halogens is 2. The summed E-state index contributed by atoms with van der Waals surface area (Å²) in [6.07, 6.45) is 3.10. The summed E-state index contributed by atoms with van der Waals surface area (Å²) in [5.74, 6) is -1.45. The Kier molecular flexibility index (Phi) is 5.65. The van der Waals surface area contributed by atoms with E-state index in [4.69, 9.17) is 10.2 Å². The fourth-order valence-electron chi connectivity index (χ4n) is 4.46. The molecular formula is C21H25F2N7O2S. The maximum atomic E-state index is 13.3. The van der Waals surface area contributed by atoms with Crippen LogP contribution < -0.4 is 10.6 Å². The van der Waals surface area contributed by atoms with E-state index in [9.17, 15) is 13.6 Å². The van der Waals surface area contributed by atoms with Gasteiger partial charge < -0.3 is 20.0 Å². The maximum Gasteiger partial charge on any atom is 0.257 e. The number of hydrogen-bond donors (Lipinski definition) is 1. The van der Waals surface area contributed by atoms with Crippen molar-refractivity contribution in [2.75, 3.05) is 49.9 Å². The minimum atomic E-state index is -2.74. The summed E-state index contributed by atoms with van der Waals surface area (Å²) in [6, 6.07) is 3.22.